The number of carbonyl (C=O) groups excluding carboxylic acids is 2. The van der Waals surface area contributed by atoms with E-state index in [9.17, 15) is 30.0 Å². The zero-order chi connectivity index (χ0) is 33.2. The molecule has 0 aromatic heterocycles. The molecule has 1 aromatic carbocycles. The van der Waals surface area contributed by atoms with Gasteiger partial charge in [0.15, 0.2) is 12.0 Å². The summed E-state index contributed by atoms with van der Waals surface area (Å²) in [5.74, 6) is -1.88. The van der Waals surface area contributed by atoms with Gasteiger partial charge in [-0.3, -0.25) is 9.59 Å². The molecule has 1 unspecified atom stereocenters. The van der Waals surface area contributed by atoms with E-state index in [0.29, 0.717) is 24.3 Å². The lowest BCUT2D eigenvalue weighted by molar-refractivity contribution is -0.356. The number of allylic oxidation sites excluding steroid dienone is 3. The van der Waals surface area contributed by atoms with Gasteiger partial charge in [0.1, 0.15) is 22.8 Å². The standard InChI is InChI=1S/C37H51NO8/c1-17-7-8-23-12-19(3)27(30(29(23)22(17)6)32(41)31-33(42)36(44)38-35(31)43)16-28-20(4)11-21(5)37(45-28)10-9-18(2)34(46-37)24-13-25(39)15-26(40)14-24/h12-15,17-18,20-23,27-30,34,36,39-41,44H,7-11,16H2,1-6H3,(H,38,43)/t17-,18+,20+,21+,22+,23+,27-,28-,29+,30+,34+,36?,37-/m1/s1. The molecule has 9 nitrogen and oxygen atoms in total. The van der Waals surface area contributed by atoms with Gasteiger partial charge >= 0.3 is 0 Å². The molecule has 46 heavy (non-hydrogen) atoms. The predicted molar refractivity (Wildman–Crippen MR) is 171 cm³/mol. The highest BCUT2D eigenvalue weighted by Crippen LogP contribution is 2.56. The van der Waals surface area contributed by atoms with Crippen LogP contribution in [0.2, 0.25) is 0 Å². The first-order chi connectivity index (χ1) is 21.7. The molecule has 2 aliphatic carbocycles. The second kappa shape index (κ2) is 12.3. The lowest BCUT2D eigenvalue weighted by Gasteiger charge is -2.54. The minimum atomic E-state index is -1.64. The van der Waals surface area contributed by atoms with Crippen molar-refractivity contribution in [1.82, 2.24) is 5.32 Å². The van der Waals surface area contributed by atoms with E-state index in [1.54, 1.807) is 12.1 Å². The molecule has 1 amide bonds. The Hall–Kier alpha value is -2.88. The van der Waals surface area contributed by atoms with Gasteiger partial charge in [-0.2, -0.15) is 0 Å². The fourth-order valence-corrected chi connectivity index (χ4v) is 9.61. The first-order valence-corrected chi connectivity index (χ1v) is 17.2. The number of amides is 1. The van der Waals surface area contributed by atoms with E-state index >= 15 is 0 Å². The van der Waals surface area contributed by atoms with Crippen LogP contribution in [-0.4, -0.2) is 50.2 Å². The molecule has 252 valence electrons. The van der Waals surface area contributed by atoms with E-state index in [2.05, 4.69) is 52.9 Å². The quantitative estimate of drug-likeness (QED) is 0.116. The van der Waals surface area contributed by atoms with Crippen LogP contribution in [0.25, 0.3) is 0 Å². The molecule has 5 aliphatic rings. The van der Waals surface area contributed by atoms with Crippen LogP contribution in [0.1, 0.15) is 91.7 Å². The number of carbonyl (C=O) groups is 2. The molecule has 5 N–H and O–H groups in total. The fourth-order valence-electron chi connectivity index (χ4n) is 9.61. The van der Waals surface area contributed by atoms with E-state index in [1.165, 1.54) is 6.07 Å². The minimum Gasteiger partial charge on any atom is -0.511 e. The maximum atomic E-state index is 13.0. The van der Waals surface area contributed by atoms with E-state index in [-0.39, 0.29) is 76.5 Å². The summed E-state index contributed by atoms with van der Waals surface area (Å²) in [6.07, 6.45) is 5.20. The summed E-state index contributed by atoms with van der Waals surface area (Å²) in [6, 6.07) is 4.60. The predicted octanol–water partition coefficient (Wildman–Crippen LogP) is 6.05. The molecule has 0 radical (unpaired) electrons. The second-order valence-electron chi connectivity index (χ2n) is 15.4. The number of hydrogen-bond donors (Lipinski definition) is 5. The fraction of sp³-hybridized carbons (Fsp3) is 0.676. The third-order valence-electron chi connectivity index (χ3n) is 12.4. The summed E-state index contributed by atoms with van der Waals surface area (Å²) in [6.45, 7) is 13.0. The van der Waals surface area contributed by atoms with Gasteiger partial charge in [-0.05, 0) is 98.1 Å². The van der Waals surface area contributed by atoms with Crippen molar-refractivity contribution in [3.8, 4) is 11.5 Å². The van der Waals surface area contributed by atoms with Crippen molar-refractivity contribution >= 4 is 11.7 Å². The van der Waals surface area contributed by atoms with Crippen LogP contribution in [-0.2, 0) is 19.1 Å². The molecule has 1 saturated carbocycles. The molecule has 0 bridgehead atoms. The molecule has 9 heteroatoms. The van der Waals surface area contributed by atoms with Gasteiger partial charge in [0, 0.05) is 24.3 Å². The Morgan fingerprint density at radius 2 is 1.65 bits per heavy atom. The number of benzene rings is 1. The molecule has 1 spiro atoms. The number of rotatable bonds is 4. The van der Waals surface area contributed by atoms with Gasteiger partial charge < -0.3 is 35.2 Å². The molecule has 13 atom stereocenters. The zero-order valence-electron chi connectivity index (χ0n) is 27.9. The smallest absolute Gasteiger partial charge is 0.260 e. The normalized spacial score (nSPS) is 44.0. The van der Waals surface area contributed by atoms with Gasteiger partial charge in [0.05, 0.1) is 12.2 Å². The largest absolute Gasteiger partial charge is 0.511 e. The van der Waals surface area contributed by atoms with Crippen molar-refractivity contribution in [2.24, 2.45) is 53.3 Å². The Kier molecular flexibility index (Phi) is 8.83. The number of aliphatic hydroxyl groups excluding tert-OH is 2. The number of phenolic OH excluding ortho intramolecular Hbond substituents is 2. The van der Waals surface area contributed by atoms with Crippen LogP contribution in [0.15, 0.2) is 41.2 Å². The van der Waals surface area contributed by atoms with Gasteiger partial charge in [-0.25, -0.2) is 0 Å². The number of nitrogens with one attached hydrogen (secondary N) is 1. The van der Waals surface area contributed by atoms with Crippen molar-refractivity contribution in [2.75, 3.05) is 0 Å². The first-order valence-electron chi connectivity index (χ1n) is 17.2. The molecule has 4 fully saturated rings. The van der Waals surface area contributed by atoms with Crippen LogP contribution in [0.5, 0.6) is 11.5 Å². The lowest BCUT2D eigenvalue weighted by atomic mass is 9.55. The molecular weight excluding hydrogens is 586 g/mol. The molecular formula is C37H51NO8. The summed E-state index contributed by atoms with van der Waals surface area (Å²) in [5.41, 5.74) is 1.53. The van der Waals surface area contributed by atoms with Gasteiger partial charge in [0.2, 0.25) is 5.78 Å². The molecule has 3 heterocycles. The Morgan fingerprint density at radius 1 is 0.957 bits per heavy atom. The Balaban J connectivity index is 1.35. The van der Waals surface area contributed by atoms with Crippen LogP contribution >= 0.6 is 0 Å². The second-order valence-corrected chi connectivity index (χ2v) is 15.4. The lowest BCUT2D eigenvalue weighted by Crippen LogP contribution is -2.55. The monoisotopic (exact) mass is 637 g/mol. The summed E-state index contributed by atoms with van der Waals surface area (Å²) >= 11 is 0. The number of aliphatic hydroxyl groups is 2. The van der Waals surface area contributed by atoms with Crippen LogP contribution in [0.4, 0.5) is 0 Å². The summed E-state index contributed by atoms with van der Waals surface area (Å²) in [4.78, 5) is 25.8. The van der Waals surface area contributed by atoms with Crippen molar-refractivity contribution in [3.05, 3.63) is 46.7 Å². The minimum absolute atomic E-state index is 0.0134. The molecule has 6 rings (SSSR count). The molecule has 3 saturated heterocycles. The number of ketones is 1. The highest BCUT2D eigenvalue weighted by molar-refractivity contribution is 6.26. The van der Waals surface area contributed by atoms with Gasteiger partial charge in [-0.1, -0.05) is 46.3 Å². The first kappa shape index (κ1) is 33.0. The number of ether oxygens (including phenoxy) is 2. The Morgan fingerprint density at radius 3 is 2.30 bits per heavy atom. The third kappa shape index (κ3) is 5.66. The number of aromatic hydroxyl groups is 2. The van der Waals surface area contributed by atoms with Crippen molar-refractivity contribution in [1.29, 1.82) is 0 Å². The van der Waals surface area contributed by atoms with Gasteiger partial charge in [0.25, 0.3) is 5.91 Å². The highest BCUT2D eigenvalue weighted by atomic mass is 16.7. The van der Waals surface area contributed by atoms with E-state index < -0.39 is 29.6 Å². The summed E-state index contributed by atoms with van der Waals surface area (Å²) < 4.78 is 14.0. The highest BCUT2D eigenvalue weighted by Gasteiger charge is 2.54. The van der Waals surface area contributed by atoms with Crippen molar-refractivity contribution < 1.29 is 39.5 Å². The Bertz CT molecular complexity index is 1420. The average Bonchev–Trinajstić information content (AvgIpc) is 3.24. The SMILES string of the molecule is CC1=C[C@@H]2CC[C@@H](C)[C@H](C)[C@@H]2[C@@H](C(O)=C2C(=O)NC(O)C2=O)[C@@H]1C[C@H]1O[C@@]2(CC[C@H](C)[C@@H](c3cc(O)cc(O)c3)O2)[C@@H](C)C[C@@H]1C. The summed E-state index contributed by atoms with van der Waals surface area (Å²) in [7, 11) is 0. The molecule has 3 aliphatic heterocycles. The van der Waals surface area contributed by atoms with Crippen molar-refractivity contribution in [2.45, 2.75) is 104 Å². The van der Waals surface area contributed by atoms with Crippen LogP contribution in [0.3, 0.4) is 0 Å². The zero-order valence-corrected chi connectivity index (χ0v) is 27.9. The molecule has 1 aromatic rings. The number of fused-ring (bicyclic) bond motifs is 1. The number of Topliss-reactive ketones (excluding diaryl/α,β-unsaturated/α-hetero) is 1. The maximum Gasteiger partial charge on any atom is 0.260 e. The third-order valence-corrected chi connectivity index (χ3v) is 12.4. The average molecular weight is 638 g/mol. The van der Waals surface area contributed by atoms with E-state index in [4.69, 9.17) is 9.47 Å². The maximum absolute atomic E-state index is 13.0. The Labute approximate surface area is 272 Å². The van der Waals surface area contributed by atoms with Crippen LogP contribution < -0.4 is 5.32 Å². The topological polar surface area (TPSA) is 146 Å². The van der Waals surface area contributed by atoms with Crippen LogP contribution in [0, 0.1) is 53.3 Å². The van der Waals surface area contributed by atoms with Gasteiger partial charge in [-0.15, -0.1) is 0 Å². The van der Waals surface area contributed by atoms with E-state index in [0.717, 1.165) is 31.3 Å². The number of hydrogen-bond acceptors (Lipinski definition) is 8. The van der Waals surface area contributed by atoms with E-state index in [1.807, 2.05) is 0 Å². The summed E-state index contributed by atoms with van der Waals surface area (Å²) in [5, 5.41) is 44.8. The van der Waals surface area contributed by atoms with Crippen molar-refractivity contribution in [3.63, 3.8) is 0 Å². The number of phenols is 2.